The Balaban J connectivity index is 1.65. The minimum absolute atomic E-state index is 0.0393. The second-order valence-corrected chi connectivity index (χ2v) is 6.30. The third-order valence-electron chi connectivity index (χ3n) is 4.58. The average molecular weight is 382 g/mol. The van der Waals surface area contributed by atoms with Gasteiger partial charge < -0.3 is 24.9 Å². The van der Waals surface area contributed by atoms with Crippen LogP contribution < -0.4 is 15.4 Å². The number of carbonyl (C=O) groups is 2. The zero-order chi connectivity index (χ0) is 19.7. The number of H-pyrrole nitrogens is 1. The van der Waals surface area contributed by atoms with Gasteiger partial charge in [0.15, 0.2) is 5.82 Å². The lowest BCUT2D eigenvalue weighted by molar-refractivity contribution is 0.0942. The topological polar surface area (TPSA) is 135 Å². The number of hydrogen-bond donors (Lipinski definition) is 3. The SMILES string of the molecule is CNC(=O)c1noc(-c2nc3c([nH]2)C[C@H](c2cccc(OC)c2)CNC3=O)n1. The van der Waals surface area contributed by atoms with Crippen LogP contribution in [0.15, 0.2) is 28.8 Å². The van der Waals surface area contributed by atoms with Gasteiger partial charge in [0.1, 0.15) is 11.4 Å². The van der Waals surface area contributed by atoms with Crippen molar-refractivity contribution in [3.05, 3.63) is 47.0 Å². The molecule has 3 N–H and O–H groups in total. The van der Waals surface area contributed by atoms with Crippen LogP contribution in [0, 0.1) is 0 Å². The molecule has 1 aliphatic heterocycles. The van der Waals surface area contributed by atoms with Crippen molar-refractivity contribution in [1.29, 1.82) is 0 Å². The molecule has 2 amide bonds. The number of rotatable bonds is 4. The Kier molecular flexibility index (Phi) is 4.52. The van der Waals surface area contributed by atoms with Crippen molar-refractivity contribution in [2.75, 3.05) is 20.7 Å². The average Bonchev–Trinajstić information content (AvgIpc) is 3.34. The van der Waals surface area contributed by atoms with Crippen molar-refractivity contribution in [2.24, 2.45) is 0 Å². The van der Waals surface area contributed by atoms with Gasteiger partial charge in [0, 0.05) is 25.2 Å². The van der Waals surface area contributed by atoms with Gasteiger partial charge in [-0.15, -0.1) is 0 Å². The number of benzene rings is 1. The van der Waals surface area contributed by atoms with Crippen LogP contribution in [-0.4, -0.2) is 52.6 Å². The maximum Gasteiger partial charge on any atom is 0.294 e. The highest BCUT2D eigenvalue weighted by Gasteiger charge is 2.28. The molecule has 0 spiro atoms. The summed E-state index contributed by atoms with van der Waals surface area (Å²) < 4.78 is 10.4. The molecule has 144 valence electrons. The second-order valence-electron chi connectivity index (χ2n) is 6.30. The molecule has 0 bridgehead atoms. The number of aromatic nitrogens is 4. The molecule has 0 unspecified atom stereocenters. The minimum Gasteiger partial charge on any atom is -0.497 e. The summed E-state index contributed by atoms with van der Waals surface area (Å²) in [5, 5.41) is 8.92. The molecule has 1 aliphatic rings. The van der Waals surface area contributed by atoms with E-state index < -0.39 is 5.91 Å². The van der Waals surface area contributed by atoms with Gasteiger partial charge in [-0.1, -0.05) is 17.3 Å². The molecular formula is C18H18N6O4. The fraction of sp³-hybridized carbons (Fsp3) is 0.278. The van der Waals surface area contributed by atoms with E-state index in [9.17, 15) is 9.59 Å². The minimum atomic E-state index is -0.473. The Labute approximate surface area is 159 Å². The monoisotopic (exact) mass is 382 g/mol. The first-order valence-corrected chi connectivity index (χ1v) is 8.66. The maximum absolute atomic E-state index is 12.5. The molecule has 2 aromatic heterocycles. The normalized spacial score (nSPS) is 16.1. The quantitative estimate of drug-likeness (QED) is 0.610. The predicted molar refractivity (Wildman–Crippen MR) is 97.0 cm³/mol. The van der Waals surface area contributed by atoms with E-state index in [1.165, 1.54) is 7.05 Å². The highest BCUT2D eigenvalue weighted by molar-refractivity contribution is 5.94. The molecule has 0 saturated carbocycles. The van der Waals surface area contributed by atoms with E-state index in [1.54, 1.807) is 7.11 Å². The van der Waals surface area contributed by atoms with Crippen molar-refractivity contribution in [3.63, 3.8) is 0 Å². The molecule has 0 fully saturated rings. The number of ether oxygens (including phenoxy) is 1. The van der Waals surface area contributed by atoms with Gasteiger partial charge in [-0.05, 0) is 24.1 Å². The lowest BCUT2D eigenvalue weighted by Crippen LogP contribution is -2.26. The first-order chi connectivity index (χ1) is 13.6. The molecule has 3 heterocycles. The van der Waals surface area contributed by atoms with Crippen LogP contribution in [0.2, 0.25) is 0 Å². The first-order valence-electron chi connectivity index (χ1n) is 8.66. The number of amides is 2. The zero-order valence-corrected chi connectivity index (χ0v) is 15.3. The standard InChI is InChI=1S/C18H18N6O4/c1-19-17(26)14-23-18(28-24-14)15-21-12-7-10(8-20-16(25)13(12)22-15)9-4-3-5-11(6-9)27-2/h3-6,10H,7-8H2,1-2H3,(H,19,26)(H,20,25)(H,21,22)/t10-/m0/s1. The second kappa shape index (κ2) is 7.14. The molecule has 0 radical (unpaired) electrons. The Morgan fingerprint density at radius 1 is 1.36 bits per heavy atom. The molecule has 10 heteroatoms. The molecule has 10 nitrogen and oxygen atoms in total. The number of nitrogens with one attached hydrogen (secondary N) is 3. The summed E-state index contributed by atoms with van der Waals surface area (Å²) in [5.74, 6) is 0.214. The largest absolute Gasteiger partial charge is 0.497 e. The fourth-order valence-electron chi connectivity index (χ4n) is 3.12. The van der Waals surface area contributed by atoms with E-state index in [2.05, 4.69) is 30.7 Å². The van der Waals surface area contributed by atoms with Gasteiger partial charge in [-0.2, -0.15) is 4.98 Å². The van der Waals surface area contributed by atoms with E-state index in [1.807, 2.05) is 24.3 Å². The van der Waals surface area contributed by atoms with Gasteiger partial charge in [-0.25, -0.2) is 4.98 Å². The molecule has 0 saturated heterocycles. The van der Waals surface area contributed by atoms with Crippen LogP contribution in [0.3, 0.4) is 0 Å². The zero-order valence-electron chi connectivity index (χ0n) is 15.3. The third kappa shape index (κ3) is 3.20. The highest BCUT2D eigenvalue weighted by Crippen LogP contribution is 2.28. The van der Waals surface area contributed by atoms with Crippen molar-refractivity contribution in [3.8, 4) is 17.5 Å². The number of methoxy groups -OCH3 is 1. The molecule has 4 rings (SSSR count). The van der Waals surface area contributed by atoms with Crippen molar-refractivity contribution >= 4 is 11.8 Å². The van der Waals surface area contributed by atoms with Crippen molar-refractivity contribution < 1.29 is 18.8 Å². The number of fused-ring (bicyclic) bond motifs is 1. The smallest absolute Gasteiger partial charge is 0.294 e. The van der Waals surface area contributed by atoms with Crippen molar-refractivity contribution in [1.82, 2.24) is 30.7 Å². The molecule has 0 aliphatic carbocycles. The van der Waals surface area contributed by atoms with Crippen LogP contribution in [0.25, 0.3) is 11.7 Å². The first kappa shape index (κ1) is 17.7. The van der Waals surface area contributed by atoms with Crippen LogP contribution in [-0.2, 0) is 6.42 Å². The van der Waals surface area contributed by atoms with E-state index >= 15 is 0 Å². The summed E-state index contributed by atoms with van der Waals surface area (Å²) in [5.41, 5.74) is 1.99. The van der Waals surface area contributed by atoms with E-state index in [0.29, 0.717) is 18.7 Å². The maximum atomic E-state index is 12.5. The van der Waals surface area contributed by atoms with Crippen LogP contribution >= 0.6 is 0 Å². The van der Waals surface area contributed by atoms with Crippen LogP contribution in [0.4, 0.5) is 0 Å². The Morgan fingerprint density at radius 3 is 3.00 bits per heavy atom. The van der Waals surface area contributed by atoms with Crippen LogP contribution in [0.5, 0.6) is 5.75 Å². The summed E-state index contributed by atoms with van der Waals surface area (Å²) in [6.45, 7) is 0.479. The summed E-state index contributed by atoms with van der Waals surface area (Å²) in [6.07, 6.45) is 0.560. The van der Waals surface area contributed by atoms with E-state index in [-0.39, 0.29) is 35.1 Å². The Bertz CT molecular complexity index is 1040. The van der Waals surface area contributed by atoms with Gasteiger partial charge in [-0.3, -0.25) is 9.59 Å². The number of carbonyl (C=O) groups excluding carboxylic acids is 2. The summed E-state index contributed by atoms with van der Waals surface area (Å²) in [6, 6.07) is 7.74. The number of hydrogen-bond acceptors (Lipinski definition) is 7. The highest BCUT2D eigenvalue weighted by atomic mass is 16.5. The number of imidazole rings is 1. The molecule has 28 heavy (non-hydrogen) atoms. The van der Waals surface area contributed by atoms with Crippen LogP contribution in [0.1, 0.15) is 38.3 Å². The summed E-state index contributed by atoms with van der Waals surface area (Å²) in [4.78, 5) is 35.5. The molecule has 1 atom stereocenters. The summed E-state index contributed by atoms with van der Waals surface area (Å²) in [7, 11) is 3.08. The van der Waals surface area contributed by atoms with Crippen molar-refractivity contribution in [2.45, 2.75) is 12.3 Å². The van der Waals surface area contributed by atoms with Gasteiger partial charge in [0.2, 0.25) is 0 Å². The fourth-order valence-corrected chi connectivity index (χ4v) is 3.12. The Morgan fingerprint density at radius 2 is 2.21 bits per heavy atom. The third-order valence-corrected chi connectivity index (χ3v) is 4.58. The van der Waals surface area contributed by atoms with Gasteiger partial charge in [0.25, 0.3) is 23.5 Å². The van der Waals surface area contributed by atoms with Gasteiger partial charge >= 0.3 is 0 Å². The number of nitrogens with zero attached hydrogens (tertiary/aromatic N) is 3. The van der Waals surface area contributed by atoms with E-state index in [0.717, 1.165) is 11.3 Å². The molecule has 3 aromatic rings. The lowest BCUT2D eigenvalue weighted by Gasteiger charge is -2.15. The summed E-state index contributed by atoms with van der Waals surface area (Å²) >= 11 is 0. The predicted octanol–water partition coefficient (Wildman–Crippen LogP) is 0.898. The Hall–Kier alpha value is -3.69. The molecular weight excluding hydrogens is 364 g/mol. The lowest BCUT2D eigenvalue weighted by atomic mass is 9.94. The molecule has 1 aromatic carbocycles. The van der Waals surface area contributed by atoms with Gasteiger partial charge in [0.05, 0.1) is 7.11 Å². The van der Waals surface area contributed by atoms with E-state index in [4.69, 9.17) is 9.26 Å². The number of aromatic amines is 1.